The van der Waals surface area contributed by atoms with Crippen molar-refractivity contribution in [2.45, 2.75) is 31.3 Å². The van der Waals surface area contributed by atoms with Gasteiger partial charge in [-0.15, -0.1) is 0 Å². The number of hydrogen-bond acceptors (Lipinski definition) is 3. The molecule has 0 amide bonds. The fourth-order valence-corrected chi connectivity index (χ4v) is 2.35. The van der Waals surface area contributed by atoms with E-state index < -0.39 is 0 Å². The molecule has 0 bridgehead atoms. The smallest absolute Gasteiger partial charge is 0.0671 e. The topological polar surface area (TPSA) is 32.7 Å². The van der Waals surface area contributed by atoms with Crippen LogP contribution in [-0.2, 0) is 4.74 Å². The first kappa shape index (κ1) is 8.48. The SMILES string of the molecule is C[C@]1(CO)COC[C@H]2CCCN21. The van der Waals surface area contributed by atoms with Gasteiger partial charge in [-0.05, 0) is 26.3 Å². The fourth-order valence-electron chi connectivity index (χ4n) is 2.35. The van der Waals surface area contributed by atoms with Crippen LogP contribution in [0.3, 0.4) is 0 Å². The normalized spacial score (nSPS) is 43.0. The highest BCUT2D eigenvalue weighted by Crippen LogP contribution is 2.30. The first-order chi connectivity index (χ1) is 5.76. The van der Waals surface area contributed by atoms with Crippen LogP contribution in [0.1, 0.15) is 19.8 Å². The maximum Gasteiger partial charge on any atom is 0.0671 e. The molecule has 70 valence electrons. The average Bonchev–Trinajstić information content (AvgIpc) is 2.54. The van der Waals surface area contributed by atoms with Crippen molar-refractivity contribution in [1.29, 1.82) is 0 Å². The van der Waals surface area contributed by atoms with E-state index in [4.69, 9.17) is 4.74 Å². The van der Waals surface area contributed by atoms with E-state index in [2.05, 4.69) is 11.8 Å². The molecule has 0 aromatic rings. The largest absolute Gasteiger partial charge is 0.394 e. The highest BCUT2D eigenvalue weighted by molar-refractivity contribution is 4.96. The molecular weight excluding hydrogens is 154 g/mol. The van der Waals surface area contributed by atoms with Crippen molar-refractivity contribution >= 4 is 0 Å². The lowest BCUT2D eigenvalue weighted by Gasteiger charge is -2.44. The fraction of sp³-hybridized carbons (Fsp3) is 1.00. The predicted octanol–water partition coefficient (Wildman–Crippen LogP) is 0.232. The van der Waals surface area contributed by atoms with Crippen LogP contribution >= 0.6 is 0 Å². The minimum atomic E-state index is -0.112. The quantitative estimate of drug-likeness (QED) is 0.613. The van der Waals surface area contributed by atoms with Crippen molar-refractivity contribution in [2.24, 2.45) is 0 Å². The molecule has 1 N–H and O–H groups in total. The van der Waals surface area contributed by atoms with Gasteiger partial charge in [-0.1, -0.05) is 0 Å². The van der Waals surface area contributed by atoms with E-state index >= 15 is 0 Å². The van der Waals surface area contributed by atoms with Gasteiger partial charge in [0.25, 0.3) is 0 Å². The van der Waals surface area contributed by atoms with Crippen LogP contribution in [0.2, 0.25) is 0 Å². The van der Waals surface area contributed by atoms with Crippen LogP contribution in [0.4, 0.5) is 0 Å². The molecule has 0 saturated carbocycles. The van der Waals surface area contributed by atoms with E-state index in [1.54, 1.807) is 0 Å². The second-order valence-corrected chi connectivity index (χ2v) is 4.16. The average molecular weight is 171 g/mol. The van der Waals surface area contributed by atoms with Gasteiger partial charge in [-0.3, -0.25) is 4.90 Å². The molecule has 0 aromatic carbocycles. The number of ether oxygens (including phenoxy) is 1. The monoisotopic (exact) mass is 171 g/mol. The molecule has 0 radical (unpaired) electrons. The van der Waals surface area contributed by atoms with Crippen LogP contribution in [0, 0.1) is 0 Å². The van der Waals surface area contributed by atoms with Crippen LogP contribution in [-0.4, -0.2) is 48.0 Å². The van der Waals surface area contributed by atoms with Gasteiger partial charge in [-0.2, -0.15) is 0 Å². The molecule has 0 unspecified atom stereocenters. The summed E-state index contributed by atoms with van der Waals surface area (Å²) >= 11 is 0. The number of morpholine rings is 1. The molecule has 3 nitrogen and oxygen atoms in total. The second kappa shape index (κ2) is 2.98. The minimum Gasteiger partial charge on any atom is -0.394 e. The zero-order chi connectivity index (χ0) is 8.60. The molecule has 0 aliphatic carbocycles. The Morgan fingerprint density at radius 1 is 1.67 bits per heavy atom. The van der Waals surface area contributed by atoms with E-state index in [9.17, 15) is 5.11 Å². The third kappa shape index (κ3) is 1.16. The van der Waals surface area contributed by atoms with Gasteiger partial charge in [0.2, 0.25) is 0 Å². The van der Waals surface area contributed by atoms with Gasteiger partial charge in [0.15, 0.2) is 0 Å². The standard InChI is InChI=1S/C9H17NO2/c1-9(6-11)7-12-5-8-3-2-4-10(8)9/h8,11H,2-7H2,1H3/t8-,9+/m1/s1. The molecule has 2 fully saturated rings. The second-order valence-electron chi connectivity index (χ2n) is 4.16. The number of aliphatic hydroxyl groups excluding tert-OH is 1. The van der Waals surface area contributed by atoms with E-state index in [1.807, 2.05) is 0 Å². The Kier molecular flexibility index (Phi) is 2.10. The summed E-state index contributed by atoms with van der Waals surface area (Å²) in [6.45, 7) is 4.97. The van der Waals surface area contributed by atoms with Crippen molar-refractivity contribution in [3.8, 4) is 0 Å². The summed E-state index contributed by atoms with van der Waals surface area (Å²) < 4.78 is 5.49. The summed E-state index contributed by atoms with van der Waals surface area (Å²) in [5.74, 6) is 0. The van der Waals surface area contributed by atoms with Gasteiger partial charge in [-0.25, -0.2) is 0 Å². The summed E-state index contributed by atoms with van der Waals surface area (Å²) in [6.07, 6.45) is 2.49. The molecule has 2 saturated heterocycles. The van der Waals surface area contributed by atoms with Gasteiger partial charge >= 0.3 is 0 Å². The molecular formula is C9H17NO2. The lowest BCUT2D eigenvalue weighted by Crippen LogP contribution is -2.59. The Morgan fingerprint density at radius 3 is 3.25 bits per heavy atom. The van der Waals surface area contributed by atoms with E-state index in [-0.39, 0.29) is 12.1 Å². The van der Waals surface area contributed by atoms with Crippen molar-refractivity contribution in [1.82, 2.24) is 4.90 Å². The molecule has 2 heterocycles. The first-order valence-corrected chi connectivity index (χ1v) is 4.72. The molecule has 12 heavy (non-hydrogen) atoms. The number of rotatable bonds is 1. The van der Waals surface area contributed by atoms with Gasteiger partial charge in [0, 0.05) is 6.04 Å². The highest BCUT2D eigenvalue weighted by atomic mass is 16.5. The lowest BCUT2D eigenvalue weighted by molar-refractivity contribution is -0.0990. The summed E-state index contributed by atoms with van der Waals surface area (Å²) in [4.78, 5) is 2.41. The Hall–Kier alpha value is -0.120. The van der Waals surface area contributed by atoms with Crippen LogP contribution < -0.4 is 0 Å². The summed E-state index contributed by atoms with van der Waals surface area (Å²) in [7, 11) is 0. The van der Waals surface area contributed by atoms with E-state index in [0.717, 1.165) is 13.2 Å². The number of nitrogens with zero attached hydrogens (tertiary/aromatic N) is 1. The maximum absolute atomic E-state index is 9.28. The molecule has 0 aromatic heterocycles. The third-order valence-corrected chi connectivity index (χ3v) is 3.13. The van der Waals surface area contributed by atoms with E-state index in [1.165, 1.54) is 12.8 Å². The lowest BCUT2D eigenvalue weighted by atomic mass is 9.99. The molecule has 2 atom stereocenters. The van der Waals surface area contributed by atoms with Crippen LogP contribution in [0.15, 0.2) is 0 Å². The van der Waals surface area contributed by atoms with Gasteiger partial charge in [0.05, 0.1) is 25.4 Å². The highest BCUT2D eigenvalue weighted by Gasteiger charge is 2.42. The first-order valence-electron chi connectivity index (χ1n) is 4.72. The molecule has 0 spiro atoms. The zero-order valence-electron chi connectivity index (χ0n) is 7.62. The zero-order valence-corrected chi connectivity index (χ0v) is 7.62. The van der Waals surface area contributed by atoms with Crippen molar-refractivity contribution in [2.75, 3.05) is 26.4 Å². The molecule has 2 rings (SSSR count). The predicted molar refractivity (Wildman–Crippen MR) is 46.0 cm³/mol. The maximum atomic E-state index is 9.28. The Balaban J connectivity index is 2.13. The summed E-state index contributed by atoms with van der Waals surface area (Å²) in [6, 6.07) is 0.566. The van der Waals surface area contributed by atoms with Gasteiger partial charge in [0.1, 0.15) is 0 Å². The summed E-state index contributed by atoms with van der Waals surface area (Å²) in [5.41, 5.74) is -0.112. The molecule has 2 aliphatic heterocycles. The van der Waals surface area contributed by atoms with Crippen LogP contribution in [0.5, 0.6) is 0 Å². The van der Waals surface area contributed by atoms with Gasteiger partial charge < -0.3 is 9.84 Å². The number of hydrogen-bond donors (Lipinski definition) is 1. The summed E-state index contributed by atoms with van der Waals surface area (Å²) in [5, 5.41) is 9.28. The Labute approximate surface area is 73.3 Å². The van der Waals surface area contributed by atoms with Crippen molar-refractivity contribution in [3.05, 3.63) is 0 Å². The Bertz CT molecular complexity index is 174. The van der Waals surface area contributed by atoms with Crippen LogP contribution in [0.25, 0.3) is 0 Å². The van der Waals surface area contributed by atoms with Crippen molar-refractivity contribution < 1.29 is 9.84 Å². The molecule has 2 aliphatic rings. The van der Waals surface area contributed by atoms with E-state index in [0.29, 0.717) is 12.6 Å². The third-order valence-electron chi connectivity index (χ3n) is 3.13. The molecule has 3 heteroatoms. The number of aliphatic hydroxyl groups is 1. The van der Waals surface area contributed by atoms with Crippen molar-refractivity contribution in [3.63, 3.8) is 0 Å². The number of fused-ring (bicyclic) bond motifs is 1. The Morgan fingerprint density at radius 2 is 2.50 bits per heavy atom. The minimum absolute atomic E-state index is 0.112.